The lowest BCUT2D eigenvalue weighted by Gasteiger charge is -2.27. The fraction of sp³-hybridized carbons (Fsp3) is 0.556. The van der Waals surface area contributed by atoms with Crippen LogP contribution in [0.4, 0.5) is 5.69 Å². The van der Waals surface area contributed by atoms with E-state index in [0.717, 1.165) is 23.6 Å². The number of nitrogens with zero attached hydrogens (tertiary/aromatic N) is 1. The molecule has 25 heavy (non-hydrogen) atoms. The molecule has 2 heterocycles. The molecule has 2 N–H and O–H groups in total. The summed E-state index contributed by atoms with van der Waals surface area (Å²) >= 11 is 1.87. The molecule has 3 rings (SSSR count). The van der Waals surface area contributed by atoms with Crippen molar-refractivity contribution >= 4 is 29.3 Å². The molecular weight excluding hydrogens is 338 g/mol. The monoisotopic (exact) mass is 363 g/mol. The molecule has 1 unspecified atom stereocenters. The molecular formula is C18H25N3O3S. The summed E-state index contributed by atoms with van der Waals surface area (Å²) in [4.78, 5) is 26.9. The summed E-state index contributed by atoms with van der Waals surface area (Å²) in [7, 11) is 0. The quantitative estimate of drug-likeness (QED) is 0.848. The Kier molecular flexibility index (Phi) is 6.34. The maximum atomic E-state index is 12.7. The molecule has 0 spiro atoms. The maximum absolute atomic E-state index is 12.7. The number of hydrogen-bond donors (Lipinski definition) is 2. The third-order valence-electron chi connectivity index (χ3n) is 4.57. The molecule has 0 aliphatic carbocycles. The first-order chi connectivity index (χ1) is 12.1. The third-order valence-corrected chi connectivity index (χ3v) is 5.70. The molecule has 0 radical (unpaired) electrons. The Morgan fingerprint density at radius 1 is 1.36 bits per heavy atom. The number of carbonyl (C=O) groups is 2. The first kappa shape index (κ1) is 18.2. The lowest BCUT2D eigenvalue weighted by atomic mass is 10.0. The van der Waals surface area contributed by atoms with Gasteiger partial charge in [0, 0.05) is 54.9 Å². The van der Waals surface area contributed by atoms with Gasteiger partial charge in [-0.15, -0.1) is 0 Å². The molecule has 2 saturated heterocycles. The van der Waals surface area contributed by atoms with Crippen LogP contribution >= 0.6 is 11.8 Å². The van der Waals surface area contributed by atoms with Crippen LogP contribution in [0.15, 0.2) is 18.2 Å². The van der Waals surface area contributed by atoms with Crippen molar-refractivity contribution in [3.8, 4) is 0 Å². The first-order valence-corrected chi connectivity index (χ1v) is 9.88. The topological polar surface area (TPSA) is 70.7 Å². The van der Waals surface area contributed by atoms with Crippen molar-refractivity contribution in [1.29, 1.82) is 0 Å². The van der Waals surface area contributed by atoms with Gasteiger partial charge in [0.25, 0.3) is 5.91 Å². The second-order valence-corrected chi connectivity index (χ2v) is 7.51. The molecule has 2 aliphatic rings. The van der Waals surface area contributed by atoms with Gasteiger partial charge in [-0.2, -0.15) is 11.8 Å². The highest BCUT2D eigenvalue weighted by atomic mass is 32.2. The maximum Gasteiger partial charge on any atom is 0.254 e. The molecule has 1 aromatic rings. The molecule has 136 valence electrons. The Bertz CT molecular complexity index is 626. The summed E-state index contributed by atoms with van der Waals surface area (Å²) in [5.41, 5.74) is 2.18. The van der Waals surface area contributed by atoms with E-state index in [1.165, 1.54) is 0 Å². The van der Waals surface area contributed by atoms with E-state index in [4.69, 9.17) is 4.74 Å². The van der Waals surface area contributed by atoms with Crippen LogP contribution in [-0.4, -0.2) is 67.1 Å². The summed E-state index contributed by atoms with van der Waals surface area (Å²) in [6, 6.07) is 5.72. The van der Waals surface area contributed by atoms with Crippen molar-refractivity contribution in [2.24, 2.45) is 0 Å². The largest absolute Gasteiger partial charge is 0.378 e. The summed E-state index contributed by atoms with van der Waals surface area (Å²) in [6.07, 6.45) is 0.452. The van der Waals surface area contributed by atoms with Crippen LogP contribution in [0, 0.1) is 6.92 Å². The molecule has 7 heteroatoms. The van der Waals surface area contributed by atoms with Crippen LogP contribution in [0.25, 0.3) is 0 Å². The summed E-state index contributed by atoms with van der Waals surface area (Å²) < 4.78 is 5.31. The fourth-order valence-electron chi connectivity index (χ4n) is 3.12. The second-order valence-electron chi connectivity index (χ2n) is 6.36. The zero-order valence-corrected chi connectivity index (χ0v) is 15.4. The van der Waals surface area contributed by atoms with Gasteiger partial charge in [-0.25, -0.2) is 0 Å². The van der Waals surface area contributed by atoms with Gasteiger partial charge in [0.15, 0.2) is 0 Å². The number of ether oxygens (including phenoxy) is 1. The van der Waals surface area contributed by atoms with Crippen molar-refractivity contribution < 1.29 is 14.3 Å². The van der Waals surface area contributed by atoms with Gasteiger partial charge in [0.2, 0.25) is 5.91 Å². The summed E-state index contributed by atoms with van der Waals surface area (Å²) in [5.74, 6) is 2.05. The molecule has 2 fully saturated rings. The summed E-state index contributed by atoms with van der Waals surface area (Å²) in [6.45, 7) is 5.21. The molecule has 2 aliphatic heterocycles. The van der Waals surface area contributed by atoms with Crippen molar-refractivity contribution in [2.75, 3.05) is 49.7 Å². The number of morpholine rings is 1. The van der Waals surface area contributed by atoms with Crippen LogP contribution < -0.4 is 10.6 Å². The molecule has 1 atom stereocenters. The Morgan fingerprint density at radius 3 is 2.88 bits per heavy atom. The zero-order valence-electron chi connectivity index (χ0n) is 14.5. The lowest BCUT2D eigenvalue weighted by molar-refractivity contribution is -0.116. The zero-order chi connectivity index (χ0) is 17.6. The number of carbonyl (C=O) groups excluding carboxylic acids is 2. The molecule has 0 saturated carbocycles. The van der Waals surface area contributed by atoms with Gasteiger partial charge in [-0.3, -0.25) is 9.59 Å². The Balaban J connectivity index is 1.65. The van der Waals surface area contributed by atoms with E-state index in [9.17, 15) is 9.59 Å². The van der Waals surface area contributed by atoms with Gasteiger partial charge in [0.05, 0.1) is 13.2 Å². The van der Waals surface area contributed by atoms with Crippen LogP contribution in [-0.2, 0) is 9.53 Å². The van der Waals surface area contributed by atoms with Crippen molar-refractivity contribution in [3.63, 3.8) is 0 Å². The number of rotatable bonds is 4. The Hall–Kier alpha value is -1.57. The average Bonchev–Trinajstić information content (AvgIpc) is 2.64. The number of nitrogens with one attached hydrogen (secondary N) is 2. The van der Waals surface area contributed by atoms with Gasteiger partial charge in [-0.1, -0.05) is 6.07 Å². The minimum Gasteiger partial charge on any atom is -0.378 e. The van der Waals surface area contributed by atoms with Crippen molar-refractivity contribution in [1.82, 2.24) is 10.2 Å². The summed E-state index contributed by atoms with van der Waals surface area (Å²) in [5, 5.41) is 6.34. The van der Waals surface area contributed by atoms with Crippen LogP contribution in [0.3, 0.4) is 0 Å². The fourth-order valence-corrected chi connectivity index (χ4v) is 4.06. The van der Waals surface area contributed by atoms with E-state index >= 15 is 0 Å². The van der Waals surface area contributed by atoms with Gasteiger partial charge < -0.3 is 20.3 Å². The number of benzene rings is 1. The van der Waals surface area contributed by atoms with E-state index in [2.05, 4.69) is 10.6 Å². The minimum absolute atomic E-state index is 0.00208. The van der Waals surface area contributed by atoms with Gasteiger partial charge in [-0.05, 0) is 24.6 Å². The van der Waals surface area contributed by atoms with E-state index in [-0.39, 0.29) is 17.9 Å². The van der Waals surface area contributed by atoms with E-state index in [1.807, 2.05) is 36.9 Å². The predicted molar refractivity (Wildman–Crippen MR) is 100 cm³/mol. The first-order valence-electron chi connectivity index (χ1n) is 8.73. The second kappa shape index (κ2) is 8.69. The van der Waals surface area contributed by atoms with Crippen molar-refractivity contribution in [3.05, 3.63) is 29.3 Å². The highest BCUT2D eigenvalue weighted by Crippen LogP contribution is 2.21. The lowest BCUT2D eigenvalue weighted by Crippen LogP contribution is -2.41. The number of anilines is 1. The van der Waals surface area contributed by atoms with E-state index in [0.29, 0.717) is 44.0 Å². The highest BCUT2D eigenvalue weighted by Gasteiger charge is 2.22. The highest BCUT2D eigenvalue weighted by molar-refractivity contribution is 7.99. The SMILES string of the molecule is Cc1c(NC(=O)CC2CSCCN2)cccc1C(=O)N1CCOCC1. The van der Waals surface area contributed by atoms with Crippen LogP contribution in [0.5, 0.6) is 0 Å². The molecule has 1 aromatic carbocycles. The Morgan fingerprint density at radius 2 is 2.16 bits per heavy atom. The molecule has 0 bridgehead atoms. The Labute approximate surface area is 152 Å². The molecule has 2 amide bonds. The number of hydrogen-bond acceptors (Lipinski definition) is 5. The van der Waals surface area contributed by atoms with E-state index < -0.39 is 0 Å². The van der Waals surface area contributed by atoms with Gasteiger partial charge in [0.1, 0.15) is 0 Å². The third kappa shape index (κ3) is 4.74. The number of thioether (sulfide) groups is 1. The standard InChI is InChI=1S/C18H25N3O3S/c1-13-15(18(23)21-6-8-24-9-7-21)3-2-4-16(13)20-17(22)11-14-12-25-10-5-19-14/h2-4,14,19H,5-12H2,1H3,(H,20,22). The normalized spacial score (nSPS) is 21.0. The molecule has 0 aromatic heterocycles. The predicted octanol–water partition coefficient (Wildman–Crippen LogP) is 1.50. The van der Waals surface area contributed by atoms with Gasteiger partial charge >= 0.3 is 0 Å². The average molecular weight is 363 g/mol. The smallest absolute Gasteiger partial charge is 0.254 e. The van der Waals surface area contributed by atoms with Crippen LogP contribution in [0.2, 0.25) is 0 Å². The van der Waals surface area contributed by atoms with E-state index in [1.54, 1.807) is 4.90 Å². The molecule has 6 nitrogen and oxygen atoms in total. The number of amides is 2. The van der Waals surface area contributed by atoms with Crippen LogP contribution in [0.1, 0.15) is 22.3 Å². The minimum atomic E-state index is -0.0147. The van der Waals surface area contributed by atoms with Crippen molar-refractivity contribution in [2.45, 2.75) is 19.4 Å².